The summed E-state index contributed by atoms with van der Waals surface area (Å²) < 4.78 is 14.3. The number of benzene rings is 2. The molecule has 1 amide bonds. The number of carbonyl (C=O) groups is 2. The van der Waals surface area contributed by atoms with E-state index in [0.29, 0.717) is 34.3 Å². The number of nitriles is 1. The number of Topliss-reactive ketones (excluding diaryl/α,β-unsaturated/α-hetero) is 1. The van der Waals surface area contributed by atoms with Gasteiger partial charge in [0, 0.05) is 17.7 Å². The van der Waals surface area contributed by atoms with Crippen LogP contribution in [0, 0.1) is 17.1 Å². The Morgan fingerprint density at radius 3 is 2.70 bits per heavy atom. The van der Waals surface area contributed by atoms with Gasteiger partial charge in [-0.25, -0.2) is 4.39 Å². The molecule has 1 aromatic heterocycles. The molecule has 2 aromatic carbocycles. The van der Waals surface area contributed by atoms with Gasteiger partial charge in [-0.2, -0.15) is 5.26 Å². The Labute approximate surface area is 220 Å². The van der Waals surface area contributed by atoms with Crippen molar-refractivity contribution in [1.82, 2.24) is 10.2 Å². The van der Waals surface area contributed by atoms with Gasteiger partial charge in [0.25, 0.3) is 0 Å². The summed E-state index contributed by atoms with van der Waals surface area (Å²) in [5, 5.41) is 21.5. The molecular weight excluding hydrogens is 511 g/mol. The van der Waals surface area contributed by atoms with Gasteiger partial charge in [0.2, 0.25) is 11.0 Å². The Hall–Kier alpha value is -4.01. The molecule has 3 aromatic rings. The van der Waals surface area contributed by atoms with Crippen molar-refractivity contribution in [2.45, 2.75) is 29.5 Å². The summed E-state index contributed by atoms with van der Waals surface area (Å²) >= 11 is 2.36. The summed E-state index contributed by atoms with van der Waals surface area (Å²) in [5.41, 5.74) is 9.07. The van der Waals surface area contributed by atoms with Crippen molar-refractivity contribution in [2.75, 3.05) is 16.0 Å². The van der Waals surface area contributed by atoms with Crippen molar-refractivity contribution < 1.29 is 14.0 Å². The largest absolute Gasteiger partial charge is 0.384 e. The third-order valence-corrected chi connectivity index (χ3v) is 8.15. The molecule has 1 atom stereocenters. The lowest BCUT2D eigenvalue weighted by Gasteiger charge is -2.38. The highest BCUT2D eigenvalue weighted by Crippen LogP contribution is 2.47. The van der Waals surface area contributed by atoms with Crippen LogP contribution in [-0.4, -0.2) is 27.6 Å². The summed E-state index contributed by atoms with van der Waals surface area (Å²) in [5.74, 6) is -1.22. The molecule has 0 saturated carbocycles. The van der Waals surface area contributed by atoms with Crippen LogP contribution >= 0.6 is 23.1 Å². The number of allylic oxidation sites excluding steroid dienone is 3. The Morgan fingerprint density at radius 1 is 1.19 bits per heavy atom. The van der Waals surface area contributed by atoms with E-state index in [-0.39, 0.29) is 34.5 Å². The SMILES string of the molecule is N#CC1=C(N)N(c2nnc(SCC(=O)Nc3ccccc3F)s2)C2=C(C(=O)CCC2)C1c1ccccc1. The third-order valence-electron chi connectivity index (χ3n) is 6.11. The van der Waals surface area contributed by atoms with Gasteiger partial charge in [0.1, 0.15) is 11.6 Å². The first-order valence-corrected chi connectivity index (χ1v) is 13.3. The summed E-state index contributed by atoms with van der Waals surface area (Å²) in [7, 11) is 0. The molecule has 1 unspecified atom stereocenters. The smallest absolute Gasteiger partial charge is 0.234 e. The van der Waals surface area contributed by atoms with E-state index in [4.69, 9.17) is 5.73 Å². The van der Waals surface area contributed by atoms with Crippen LogP contribution in [0.5, 0.6) is 0 Å². The molecule has 0 bridgehead atoms. The minimum absolute atomic E-state index is 0.000246. The standard InChI is InChI=1S/C26H21FN6O2S2/c27-17-9-4-5-10-18(17)30-21(35)14-36-26-32-31-25(37-26)33-19-11-6-12-20(34)23(19)22(16(13-28)24(33)29)15-7-2-1-3-8-15/h1-5,7-10,22H,6,11-12,14,29H2,(H,30,35). The predicted molar refractivity (Wildman–Crippen MR) is 140 cm³/mol. The molecule has 37 heavy (non-hydrogen) atoms. The van der Waals surface area contributed by atoms with Crippen LogP contribution in [0.4, 0.5) is 15.2 Å². The van der Waals surface area contributed by atoms with Crippen molar-refractivity contribution in [3.05, 3.63) is 88.6 Å². The molecular formula is C26H21FN6O2S2. The molecule has 2 heterocycles. The van der Waals surface area contributed by atoms with Crippen LogP contribution < -0.4 is 16.0 Å². The van der Waals surface area contributed by atoms with E-state index in [1.54, 1.807) is 17.0 Å². The molecule has 0 radical (unpaired) electrons. The minimum atomic E-state index is -0.533. The lowest BCUT2D eigenvalue weighted by Crippen LogP contribution is -2.38. The Balaban J connectivity index is 1.42. The molecule has 0 saturated heterocycles. The van der Waals surface area contributed by atoms with E-state index in [9.17, 15) is 19.2 Å². The van der Waals surface area contributed by atoms with E-state index in [2.05, 4.69) is 21.6 Å². The summed E-state index contributed by atoms with van der Waals surface area (Å²) in [6.45, 7) is 0. The molecule has 1 aliphatic heterocycles. The van der Waals surface area contributed by atoms with E-state index in [1.165, 1.54) is 23.5 Å². The third kappa shape index (κ3) is 4.85. The number of hydrogen-bond acceptors (Lipinski definition) is 9. The monoisotopic (exact) mass is 532 g/mol. The van der Waals surface area contributed by atoms with Gasteiger partial charge in [-0.3, -0.25) is 14.5 Å². The molecule has 0 fully saturated rings. The molecule has 1 aliphatic carbocycles. The average Bonchev–Trinajstić information content (AvgIpc) is 3.37. The van der Waals surface area contributed by atoms with Gasteiger partial charge in [0.15, 0.2) is 10.1 Å². The molecule has 8 nitrogen and oxygen atoms in total. The number of nitrogens with two attached hydrogens (primary N) is 1. The van der Waals surface area contributed by atoms with Gasteiger partial charge in [0.05, 0.1) is 29.0 Å². The number of thioether (sulfide) groups is 1. The second-order valence-corrected chi connectivity index (χ2v) is 10.6. The fourth-order valence-electron chi connectivity index (χ4n) is 4.51. The predicted octanol–water partition coefficient (Wildman–Crippen LogP) is 4.71. The lowest BCUT2D eigenvalue weighted by atomic mass is 9.76. The van der Waals surface area contributed by atoms with E-state index < -0.39 is 11.7 Å². The number of amides is 1. The molecule has 0 spiro atoms. The highest BCUT2D eigenvalue weighted by Gasteiger charge is 2.41. The fraction of sp³-hybridized carbons (Fsp3) is 0.192. The summed E-state index contributed by atoms with van der Waals surface area (Å²) in [6.07, 6.45) is 1.68. The normalized spacial score (nSPS) is 17.5. The second kappa shape index (κ2) is 10.5. The molecule has 11 heteroatoms. The number of rotatable bonds is 6. The highest BCUT2D eigenvalue weighted by molar-refractivity contribution is 8.01. The number of carbonyl (C=O) groups excluding carboxylic acids is 2. The van der Waals surface area contributed by atoms with Crippen LogP contribution in [-0.2, 0) is 9.59 Å². The van der Waals surface area contributed by atoms with Crippen LogP contribution in [0.1, 0.15) is 30.7 Å². The van der Waals surface area contributed by atoms with Crippen LogP contribution in [0.2, 0.25) is 0 Å². The van der Waals surface area contributed by atoms with Gasteiger partial charge >= 0.3 is 0 Å². The maximum absolute atomic E-state index is 13.8. The molecule has 5 rings (SSSR count). The quantitative estimate of drug-likeness (QED) is 0.437. The zero-order valence-electron chi connectivity index (χ0n) is 19.5. The number of hydrogen-bond donors (Lipinski definition) is 2. The Morgan fingerprint density at radius 2 is 1.95 bits per heavy atom. The number of anilines is 2. The van der Waals surface area contributed by atoms with Gasteiger partial charge < -0.3 is 11.1 Å². The van der Waals surface area contributed by atoms with Crippen molar-refractivity contribution in [3.8, 4) is 6.07 Å². The first-order chi connectivity index (χ1) is 18.0. The lowest BCUT2D eigenvalue weighted by molar-refractivity contribution is -0.116. The Bertz CT molecular complexity index is 1480. The first-order valence-electron chi connectivity index (χ1n) is 11.5. The molecule has 2 aliphatic rings. The maximum atomic E-state index is 13.8. The van der Waals surface area contributed by atoms with Crippen LogP contribution in [0.3, 0.4) is 0 Å². The van der Waals surface area contributed by atoms with E-state index in [0.717, 1.165) is 23.0 Å². The number of ketones is 1. The summed E-state index contributed by atoms with van der Waals surface area (Å²) in [6, 6.07) is 17.6. The number of halogens is 1. The minimum Gasteiger partial charge on any atom is -0.384 e. The zero-order valence-corrected chi connectivity index (χ0v) is 21.1. The average molecular weight is 533 g/mol. The zero-order chi connectivity index (χ0) is 25.9. The number of nitrogens with zero attached hydrogens (tertiary/aromatic N) is 4. The highest BCUT2D eigenvalue weighted by atomic mass is 32.2. The van der Waals surface area contributed by atoms with E-state index in [1.807, 2.05) is 30.3 Å². The van der Waals surface area contributed by atoms with Crippen molar-refractivity contribution >= 4 is 45.6 Å². The number of para-hydroxylation sites is 1. The van der Waals surface area contributed by atoms with Crippen molar-refractivity contribution in [1.29, 1.82) is 5.26 Å². The Kier molecular flexibility index (Phi) is 7.03. The van der Waals surface area contributed by atoms with Gasteiger partial charge in [-0.15, -0.1) is 10.2 Å². The summed E-state index contributed by atoms with van der Waals surface area (Å²) in [4.78, 5) is 27.1. The molecule has 186 valence electrons. The maximum Gasteiger partial charge on any atom is 0.234 e. The van der Waals surface area contributed by atoms with Crippen LogP contribution in [0.25, 0.3) is 0 Å². The first kappa shape index (κ1) is 24.7. The number of nitrogens with one attached hydrogen (secondary N) is 1. The van der Waals surface area contributed by atoms with Gasteiger partial charge in [-0.1, -0.05) is 65.6 Å². The number of aromatic nitrogens is 2. The second-order valence-electron chi connectivity index (χ2n) is 8.39. The van der Waals surface area contributed by atoms with Crippen molar-refractivity contribution in [2.24, 2.45) is 5.73 Å². The fourth-order valence-corrected chi connectivity index (χ4v) is 6.19. The van der Waals surface area contributed by atoms with Crippen LogP contribution in [0.15, 0.2) is 81.6 Å². The molecule has 3 N–H and O–H groups in total. The van der Waals surface area contributed by atoms with E-state index >= 15 is 0 Å². The van der Waals surface area contributed by atoms with Gasteiger partial charge in [-0.05, 0) is 30.5 Å². The van der Waals surface area contributed by atoms with Crippen molar-refractivity contribution in [3.63, 3.8) is 0 Å². The topological polar surface area (TPSA) is 125 Å².